The molecule has 0 radical (unpaired) electrons. The molecule has 6 heteroatoms. The average molecular weight is 429 g/mol. The Morgan fingerprint density at radius 2 is 1.61 bits per heavy atom. The number of aliphatic imine (C=N–C) groups is 2. The molecular weight excluding hydrogens is 408 g/mol. The third-order valence-corrected chi connectivity index (χ3v) is 6.05. The van der Waals surface area contributed by atoms with Gasteiger partial charge in [0.05, 0.1) is 12.5 Å². The summed E-state index contributed by atoms with van der Waals surface area (Å²) < 4.78 is 17.1. The number of amidine groups is 1. The van der Waals surface area contributed by atoms with E-state index in [2.05, 4.69) is 4.99 Å². The smallest absolute Gasteiger partial charge is 0.184 e. The molecule has 0 N–H and O–H groups in total. The fraction of sp³-hybridized carbons (Fsp3) is 0.120. The number of rotatable bonds is 6. The lowest BCUT2D eigenvalue weighted by molar-refractivity contribution is 0.306. The minimum absolute atomic E-state index is 0.00191. The van der Waals surface area contributed by atoms with Gasteiger partial charge >= 0.3 is 0 Å². The highest BCUT2D eigenvalue weighted by Gasteiger charge is 2.36. The van der Waals surface area contributed by atoms with Gasteiger partial charge in [0.2, 0.25) is 0 Å². The maximum absolute atomic E-state index is 5.84. The Morgan fingerprint density at radius 3 is 2.32 bits per heavy atom. The molecule has 5 rings (SSSR count). The van der Waals surface area contributed by atoms with Gasteiger partial charge in [-0.15, -0.1) is 0 Å². The quantitative estimate of drug-likeness (QED) is 0.331. The zero-order valence-electron chi connectivity index (χ0n) is 16.6. The molecule has 2 atom stereocenters. The first kappa shape index (κ1) is 19.5. The Bertz CT molecular complexity index is 1150. The summed E-state index contributed by atoms with van der Waals surface area (Å²) in [6.45, 7) is 0.546. The van der Waals surface area contributed by atoms with E-state index in [0.717, 1.165) is 28.4 Å². The molecule has 0 fully saturated rings. The molecule has 0 unspecified atom stereocenters. The first-order valence-corrected chi connectivity index (χ1v) is 10.9. The van der Waals surface area contributed by atoms with E-state index in [1.54, 1.807) is 24.3 Å². The van der Waals surface area contributed by atoms with Gasteiger partial charge in [0, 0.05) is 6.21 Å². The molecule has 0 saturated heterocycles. The summed E-state index contributed by atoms with van der Waals surface area (Å²) in [7, 11) is 0. The number of benzene rings is 2. The summed E-state index contributed by atoms with van der Waals surface area (Å²) in [5.74, 6) is 2.49. The van der Waals surface area contributed by atoms with Crippen LogP contribution in [0.2, 0.25) is 0 Å². The van der Waals surface area contributed by atoms with Crippen LogP contribution in [0.3, 0.4) is 0 Å². The van der Waals surface area contributed by atoms with Crippen molar-refractivity contribution in [2.24, 2.45) is 9.98 Å². The molecule has 4 aromatic rings. The van der Waals surface area contributed by atoms with E-state index >= 15 is 0 Å². The van der Waals surface area contributed by atoms with Crippen molar-refractivity contribution in [3.8, 4) is 5.75 Å². The highest BCUT2D eigenvalue weighted by molar-refractivity contribution is 8.14. The van der Waals surface area contributed by atoms with Crippen LogP contribution in [0.15, 0.2) is 110 Å². The number of nitrogens with zero attached hydrogens (tertiary/aromatic N) is 2. The fourth-order valence-electron chi connectivity index (χ4n) is 3.32. The van der Waals surface area contributed by atoms with Gasteiger partial charge in [0.25, 0.3) is 0 Å². The largest absolute Gasteiger partial charge is 0.489 e. The predicted molar refractivity (Wildman–Crippen MR) is 123 cm³/mol. The van der Waals surface area contributed by atoms with Gasteiger partial charge < -0.3 is 13.6 Å². The number of thioether (sulfide) groups is 1. The maximum Gasteiger partial charge on any atom is 0.184 e. The van der Waals surface area contributed by atoms with E-state index in [1.807, 2.05) is 85.1 Å². The van der Waals surface area contributed by atoms with Crippen molar-refractivity contribution in [1.82, 2.24) is 0 Å². The third kappa shape index (κ3) is 4.64. The molecule has 1 aliphatic heterocycles. The second kappa shape index (κ2) is 9.10. The second-order valence-corrected chi connectivity index (χ2v) is 8.14. The molecule has 0 amide bonds. The van der Waals surface area contributed by atoms with Gasteiger partial charge in [-0.1, -0.05) is 42.1 Å². The van der Waals surface area contributed by atoms with Crippen LogP contribution in [0.4, 0.5) is 0 Å². The monoisotopic (exact) mass is 428 g/mol. The minimum atomic E-state index is -0.160. The topological polar surface area (TPSA) is 60.2 Å². The summed E-state index contributed by atoms with van der Waals surface area (Å²) in [4.78, 5) is 9.37. The lowest BCUT2D eigenvalue weighted by Crippen LogP contribution is -1.99. The van der Waals surface area contributed by atoms with Crippen LogP contribution in [0, 0.1) is 0 Å². The van der Waals surface area contributed by atoms with Crippen molar-refractivity contribution >= 4 is 23.1 Å². The van der Waals surface area contributed by atoms with Crippen LogP contribution in [0.1, 0.15) is 33.9 Å². The van der Waals surface area contributed by atoms with E-state index in [1.165, 1.54) is 0 Å². The highest BCUT2D eigenvalue weighted by atomic mass is 32.2. The summed E-state index contributed by atoms with van der Waals surface area (Å²) in [6, 6.07) is 25.5. The van der Waals surface area contributed by atoms with Gasteiger partial charge in [-0.05, 0) is 59.7 Å². The zero-order chi connectivity index (χ0) is 20.9. The van der Waals surface area contributed by atoms with Crippen molar-refractivity contribution in [2.45, 2.75) is 17.9 Å². The Balaban J connectivity index is 1.26. The van der Waals surface area contributed by atoms with Crippen LogP contribution in [-0.4, -0.2) is 11.4 Å². The van der Waals surface area contributed by atoms with Crippen LogP contribution < -0.4 is 4.74 Å². The van der Waals surface area contributed by atoms with Crippen molar-refractivity contribution in [3.05, 3.63) is 114 Å². The summed E-state index contributed by atoms with van der Waals surface area (Å²) in [6.07, 6.45) is 5.16. The zero-order valence-corrected chi connectivity index (χ0v) is 17.4. The fourth-order valence-corrected chi connectivity index (χ4v) is 4.41. The van der Waals surface area contributed by atoms with Gasteiger partial charge in [-0.2, -0.15) is 0 Å². The predicted octanol–water partition coefficient (Wildman–Crippen LogP) is 6.46. The molecule has 0 spiro atoms. The lowest BCUT2D eigenvalue weighted by Gasteiger charge is -2.11. The molecule has 3 heterocycles. The summed E-state index contributed by atoms with van der Waals surface area (Å²) >= 11 is 1.58. The molecule has 31 heavy (non-hydrogen) atoms. The van der Waals surface area contributed by atoms with Crippen LogP contribution in [0.25, 0.3) is 0 Å². The van der Waals surface area contributed by atoms with Gasteiger partial charge in [0.15, 0.2) is 5.17 Å². The van der Waals surface area contributed by atoms with Crippen LogP contribution in [0.5, 0.6) is 5.75 Å². The van der Waals surface area contributed by atoms with Gasteiger partial charge in [-0.25, -0.2) is 9.98 Å². The molecule has 154 valence electrons. The molecule has 1 aliphatic rings. The minimum Gasteiger partial charge on any atom is -0.489 e. The average Bonchev–Trinajstić information content (AvgIpc) is 3.59. The van der Waals surface area contributed by atoms with Crippen molar-refractivity contribution in [1.29, 1.82) is 0 Å². The summed E-state index contributed by atoms with van der Waals surface area (Å²) in [5, 5.41) is 0.703. The van der Waals surface area contributed by atoms with Crippen LogP contribution in [-0.2, 0) is 6.61 Å². The first-order chi connectivity index (χ1) is 15.3. The number of ether oxygens (including phenoxy) is 1. The van der Waals surface area contributed by atoms with E-state index in [0.29, 0.717) is 11.8 Å². The molecule has 0 aliphatic carbocycles. The molecule has 2 aromatic carbocycles. The molecule has 0 bridgehead atoms. The van der Waals surface area contributed by atoms with E-state index in [-0.39, 0.29) is 11.3 Å². The van der Waals surface area contributed by atoms with Crippen molar-refractivity contribution in [3.63, 3.8) is 0 Å². The molecular formula is C25H20N2O3S. The Kier molecular flexibility index (Phi) is 5.71. The highest BCUT2D eigenvalue weighted by Crippen LogP contribution is 2.48. The van der Waals surface area contributed by atoms with Crippen molar-refractivity contribution < 1.29 is 13.6 Å². The van der Waals surface area contributed by atoms with Crippen molar-refractivity contribution in [2.75, 3.05) is 0 Å². The van der Waals surface area contributed by atoms with E-state index in [4.69, 9.17) is 18.6 Å². The number of hydrogen-bond donors (Lipinski definition) is 0. The van der Waals surface area contributed by atoms with E-state index < -0.39 is 0 Å². The maximum atomic E-state index is 5.84. The normalized spacial score (nSPS) is 18.4. The Labute approximate surface area is 184 Å². The Morgan fingerprint density at radius 1 is 0.871 bits per heavy atom. The second-order valence-electron chi connectivity index (χ2n) is 7.03. The molecule has 0 saturated carbocycles. The third-order valence-electron chi connectivity index (χ3n) is 4.88. The molecule has 2 aromatic heterocycles. The standard InChI is InChI=1S/C25H20N2O3S/c1-2-6-19(7-3-1)17-30-20-12-10-18(11-13-20)16-26-25-27-23(21-8-4-14-28-21)24(31-25)22-9-5-15-29-22/h1-16,23-24H,17H2/t23-,24-/m0/s1. The van der Waals surface area contributed by atoms with Crippen LogP contribution >= 0.6 is 11.8 Å². The van der Waals surface area contributed by atoms with E-state index in [9.17, 15) is 0 Å². The summed E-state index contributed by atoms with van der Waals surface area (Å²) in [5.41, 5.74) is 2.12. The lowest BCUT2D eigenvalue weighted by atomic mass is 10.1. The van der Waals surface area contributed by atoms with Gasteiger partial charge in [-0.3, -0.25) is 0 Å². The first-order valence-electron chi connectivity index (χ1n) is 9.97. The number of furan rings is 2. The molecule has 5 nitrogen and oxygen atoms in total. The Hall–Kier alpha value is -3.51. The van der Waals surface area contributed by atoms with Gasteiger partial charge in [0.1, 0.15) is 35.2 Å². The number of hydrogen-bond acceptors (Lipinski definition) is 6. The SMILES string of the molecule is C(=NC1=N[C@@H](c2ccco2)[C@H](c2ccco2)S1)c1ccc(OCc2ccccc2)cc1.